The summed E-state index contributed by atoms with van der Waals surface area (Å²) in [6.07, 6.45) is 4.77. The van der Waals surface area contributed by atoms with Crippen LogP contribution in [0.3, 0.4) is 0 Å². The van der Waals surface area contributed by atoms with Gasteiger partial charge in [0.05, 0.1) is 4.91 Å². The monoisotopic (exact) mass is 675 g/mol. The van der Waals surface area contributed by atoms with Crippen molar-refractivity contribution in [2.24, 2.45) is 11.7 Å². The Bertz CT molecular complexity index is 1320. The van der Waals surface area contributed by atoms with Crippen LogP contribution in [0, 0.1) is 5.92 Å². The number of rotatable bonds is 19. The van der Waals surface area contributed by atoms with Gasteiger partial charge in [-0.05, 0) is 55.6 Å². The van der Waals surface area contributed by atoms with Crippen molar-refractivity contribution in [1.82, 2.24) is 26.2 Å². The molecule has 1 heterocycles. The van der Waals surface area contributed by atoms with Crippen LogP contribution in [-0.4, -0.2) is 85.0 Å². The number of ether oxygens (including phenoxy) is 1. The summed E-state index contributed by atoms with van der Waals surface area (Å²) in [6, 6.07) is 3.99. The summed E-state index contributed by atoms with van der Waals surface area (Å²) in [5.74, 6) is -2.32. The molecular formula is C31H45N7O8S. The number of unbranched alkanes of at least 4 members (excludes halogenated alkanes) is 2. The Morgan fingerprint density at radius 3 is 2.26 bits per heavy atom. The van der Waals surface area contributed by atoms with Crippen molar-refractivity contribution in [1.29, 1.82) is 0 Å². The molecule has 0 spiro atoms. The molecule has 1 aliphatic rings. The third kappa shape index (κ3) is 13.3. The molecule has 0 fully saturated rings. The van der Waals surface area contributed by atoms with Gasteiger partial charge in [0.1, 0.15) is 18.7 Å². The molecule has 1 aromatic rings. The van der Waals surface area contributed by atoms with Gasteiger partial charge in [-0.1, -0.05) is 32.4 Å². The first-order chi connectivity index (χ1) is 22.4. The number of anilines is 1. The lowest BCUT2D eigenvalue weighted by Crippen LogP contribution is -2.54. The second-order valence-corrected chi connectivity index (χ2v) is 12.0. The van der Waals surface area contributed by atoms with Crippen molar-refractivity contribution in [3.63, 3.8) is 0 Å². The number of carbonyl (C=O) groups excluding carboxylic acids is 7. The summed E-state index contributed by atoms with van der Waals surface area (Å²) in [4.78, 5) is 87.5. The molecule has 1 aromatic carbocycles. The first-order valence-corrected chi connectivity index (χ1v) is 16.6. The number of carbonyl (C=O) groups is 7. The van der Waals surface area contributed by atoms with Gasteiger partial charge in [-0.25, -0.2) is 9.59 Å². The minimum Gasteiger partial charge on any atom is -0.445 e. The Morgan fingerprint density at radius 1 is 0.957 bits per heavy atom. The number of primary amides is 1. The highest BCUT2D eigenvalue weighted by atomic mass is 32.2. The maximum atomic E-state index is 13.3. The van der Waals surface area contributed by atoms with Crippen molar-refractivity contribution >= 4 is 59.1 Å². The molecule has 8 amide bonds. The van der Waals surface area contributed by atoms with E-state index in [0.29, 0.717) is 41.8 Å². The van der Waals surface area contributed by atoms with E-state index < -0.39 is 36.0 Å². The van der Waals surface area contributed by atoms with Crippen LogP contribution in [0.5, 0.6) is 0 Å². The second kappa shape index (κ2) is 19.8. The molecule has 0 saturated carbocycles. The summed E-state index contributed by atoms with van der Waals surface area (Å²) in [7, 11) is 1.45. The Hall–Kier alpha value is -4.60. The molecule has 16 heteroatoms. The Balaban J connectivity index is 1.93. The number of hydrogen-bond donors (Lipinski definition) is 6. The van der Waals surface area contributed by atoms with E-state index in [1.807, 2.05) is 0 Å². The zero-order valence-corrected chi connectivity index (χ0v) is 28.0. The molecule has 0 aromatic heterocycles. The largest absolute Gasteiger partial charge is 0.445 e. The summed E-state index contributed by atoms with van der Waals surface area (Å²) >= 11 is 1.23. The van der Waals surface area contributed by atoms with E-state index in [1.54, 1.807) is 44.4 Å². The second-order valence-electron chi connectivity index (χ2n) is 11.1. The topological polar surface area (TPSA) is 218 Å². The van der Waals surface area contributed by atoms with E-state index >= 15 is 0 Å². The van der Waals surface area contributed by atoms with E-state index in [-0.39, 0.29) is 56.2 Å². The lowest BCUT2D eigenvalue weighted by molar-refractivity contribution is -0.137. The minimum atomic E-state index is -0.997. The first-order valence-electron chi connectivity index (χ1n) is 15.3. The number of alkyl carbamates (subject to hydrolysis) is 1. The van der Waals surface area contributed by atoms with Gasteiger partial charge in [-0.3, -0.25) is 28.9 Å². The van der Waals surface area contributed by atoms with E-state index in [9.17, 15) is 33.6 Å². The van der Waals surface area contributed by atoms with Crippen molar-refractivity contribution in [3.8, 4) is 0 Å². The Morgan fingerprint density at radius 2 is 1.66 bits per heavy atom. The van der Waals surface area contributed by atoms with Crippen LogP contribution < -0.4 is 32.3 Å². The van der Waals surface area contributed by atoms with Gasteiger partial charge in [0.2, 0.25) is 17.7 Å². The van der Waals surface area contributed by atoms with Crippen LogP contribution in [0.4, 0.5) is 15.3 Å². The van der Waals surface area contributed by atoms with Gasteiger partial charge in [0.15, 0.2) is 0 Å². The number of nitrogens with two attached hydrogens (primary N) is 1. The molecule has 0 aliphatic carbocycles. The van der Waals surface area contributed by atoms with Crippen molar-refractivity contribution in [2.75, 3.05) is 31.7 Å². The fourth-order valence-corrected chi connectivity index (χ4v) is 5.04. The zero-order valence-electron chi connectivity index (χ0n) is 27.2. The highest BCUT2D eigenvalue weighted by Gasteiger charge is 2.30. The standard InChI is InChI=1S/C31H45N7O8S/c1-19(2)26(37-24(39)10-6-5-7-16-38-25(40)17-23(47-4)29(38)43)28(42)36-22(9-8-15-34-30(32)44)27(41)35-21-13-11-20(12-14-21)18-46-31(45)33-3/h11-14,17,19,22,26H,5-10,15-16,18H2,1-4H3,(H,33,45)(H,35,41)(H,36,42)(H,37,39)(H3,32,34,44)/t22-,26-/m0/s1. The molecule has 0 unspecified atom stereocenters. The highest BCUT2D eigenvalue weighted by Crippen LogP contribution is 2.22. The summed E-state index contributed by atoms with van der Waals surface area (Å²) in [5, 5.41) is 13.1. The van der Waals surface area contributed by atoms with Gasteiger partial charge >= 0.3 is 12.1 Å². The third-order valence-corrected chi connectivity index (χ3v) is 7.88. The van der Waals surface area contributed by atoms with Gasteiger partial charge in [0, 0.05) is 38.3 Å². The van der Waals surface area contributed by atoms with Crippen LogP contribution in [-0.2, 0) is 35.3 Å². The number of urea groups is 1. The number of nitrogens with zero attached hydrogens (tertiary/aromatic N) is 1. The van der Waals surface area contributed by atoms with E-state index in [0.717, 1.165) is 0 Å². The van der Waals surface area contributed by atoms with Gasteiger partial charge < -0.3 is 37.1 Å². The highest BCUT2D eigenvalue weighted by molar-refractivity contribution is 8.03. The average molecular weight is 676 g/mol. The molecule has 1 aliphatic heterocycles. The number of benzene rings is 1. The SMILES string of the molecule is CNC(=O)OCc1ccc(NC(=O)[C@H](CCCNC(N)=O)NC(=O)[C@@H](NC(=O)CCCCCN2C(=O)C=C(SC)C2=O)C(C)C)cc1. The predicted octanol–water partition coefficient (Wildman–Crippen LogP) is 1.73. The maximum Gasteiger partial charge on any atom is 0.407 e. The summed E-state index contributed by atoms with van der Waals surface area (Å²) in [6.45, 7) is 4.04. The smallest absolute Gasteiger partial charge is 0.407 e. The normalized spacial score (nSPS) is 13.8. The molecule has 0 bridgehead atoms. The van der Waals surface area contributed by atoms with E-state index in [1.165, 1.54) is 29.8 Å². The van der Waals surface area contributed by atoms with Crippen molar-refractivity contribution < 1.29 is 38.3 Å². The molecule has 15 nitrogen and oxygen atoms in total. The molecule has 7 N–H and O–H groups in total. The number of imide groups is 1. The Labute approximate surface area is 278 Å². The number of nitrogens with one attached hydrogen (secondary N) is 5. The zero-order chi connectivity index (χ0) is 34.9. The predicted molar refractivity (Wildman–Crippen MR) is 177 cm³/mol. The molecule has 2 rings (SSSR count). The molecule has 47 heavy (non-hydrogen) atoms. The number of hydrogen-bond acceptors (Lipinski definition) is 9. The summed E-state index contributed by atoms with van der Waals surface area (Å²) < 4.78 is 5.01. The average Bonchev–Trinajstić information content (AvgIpc) is 3.31. The quantitative estimate of drug-likeness (QED) is 0.0928. The van der Waals surface area contributed by atoms with E-state index in [2.05, 4.69) is 26.6 Å². The number of thioether (sulfide) groups is 1. The van der Waals surface area contributed by atoms with Gasteiger partial charge in [0.25, 0.3) is 11.8 Å². The molecule has 0 radical (unpaired) electrons. The number of amides is 8. The minimum absolute atomic E-state index is 0.0409. The summed E-state index contributed by atoms with van der Waals surface area (Å²) in [5.41, 5.74) is 6.27. The molecule has 0 saturated heterocycles. The van der Waals surface area contributed by atoms with Crippen molar-refractivity contribution in [2.45, 2.75) is 71.1 Å². The van der Waals surface area contributed by atoms with Gasteiger partial charge in [-0.2, -0.15) is 0 Å². The van der Waals surface area contributed by atoms with Crippen LogP contribution >= 0.6 is 11.8 Å². The van der Waals surface area contributed by atoms with Crippen LogP contribution in [0.15, 0.2) is 35.2 Å². The van der Waals surface area contributed by atoms with Crippen LogP contribution in [0.2, 0.25) is 0 Å². The van der Waals surface area contributed by atoms with Crippen LogP contribution in [0.1, 0.15) is 57.9 Å². The van der Waals surface area contributed by atoms with Gasteiger partial charge in [-0.15, -0.1) is 11.8 Å². The van der Waals surface area contributed by atoms with E-state index in [4.69, 9.17) is 10.5 Å². The maximum absolute atomic E-state index is 13.3. The molecular weight excluding hydrogens is 630 g/mol. The lowest BCUT2D eigenvalue weighted by atomic mass is 10.0. The van der Waals surface area contributed by atoms with Crippen molar-refractivity contribution in [3.05, 3.63) is 40.8 Å². The Kier molecular flexibility index (Phi) is 16.3. The lowest BCUT2D eigenvalue weighted by Gasteiger charge is -2.25. The van der Waals surface area contributed by atoms with Crippen LogP contribution in [0.25, 0.3) is 0 Å². The third-order valence-electron chi connectivity index (χ3n) is 7.14. The fraction of sp³-hybridized carbons (Fsp3) is 0.516. The fourth-order valence-electron chi connectivity index (χ4n) is 4.54. The first kappa shape index (κ1) is 38.6. The molecule has 2 atom stereocenters. The molecule has 258 valence electrons.